The molecule has 13 heteroatoms. The van der Waals surface area contributed by atoms with Crippen LogP contribution in [0.3, 0.4) is 0 Å². The normalized spacial score (nSPS) is 13.8. The van der Waals surface area contributed by atoms with Gasteiger partial charge in [-0.05, 0) is 73.5 Å². The molecule has 3 amide bonds. The molecule has 4 aromatic rings. The number of H-pyrrole nitrogens is 1. The summed E-state index contributed by atoms with van der Waals surface area (Å²) in [6.45, 7) is -0.00546. The monoisotopic (exact) mass is 578 g/mol. The van der Waals surface area contributed by atoms with Gasteiger partial charge in [0.15, 0.2) is 0 Å². The second kappa shape index (κ2) is 11.0. The van der Waals surface area contributed by atoms with Crippen molar-refractivity contribution in [3.05, 3.63) is 78.4 Å². The SMILES string of the molecule is CS(=O)(=O)CCNC(=O)c1cc2c(Nc3ccc(NC(=O)C4(C(=O)Nc5ccc(F)cc5)CC4)cc3)ccnc2[nH]1. The molecule has 0 atom stereocenters. The van der Waals surface area contributed by atoms with Crippen LogP contribution < -0.4 is 21.3 Å². The zero-order valence-corrected chi connectivity index (χ0v) is 22.8. The molecule has 11 nitrogen and oxygen atoms in total. The average molecular weight is 579 g/mol. The van der Waals surface area contributed by atoms with Crippen molar-refractivity contribution >= 4 is 61.3 Å². The Balaban J connectivity index is 1.22. The number of aromatic amines is 1. The van der Waals surface area contributed by atoms with Gasteiger partial charge in [0.2, 0.25) is 11.8 Å². The van der Waals surface area contributed by atoms with Crippen molar-refractivity contribution in [3.63, 3.8) is 0 Å². The van der Waals surface area contributed by atoms with Gasteiger partial charge in [-0.25, -0.2) is 17.8 Å². The summed E-state index contributed by atoms with van der Waals surface area (Å²) in [6, 6.07) is 15.6. The number of nitrogens with zero attached hydrogens (tertiary/aromatic N) is 1. The van der Waals surface area contributed by atoms with E-state index in [2.05, 4.69) is 31.2 Å². The zero-order valence-electron chi connectivity index (χ0n) is 22.0. The molecule has 0 aliphatic heterocycles. The second-order valence-electron chi connectivity index (χ2n) is 9.89. The van der Waals surface area contributed by atoms with Crippen molar-refractivity contribution in [1.82, 2.24) is 15.3 Å². The van der Waals surface area contributed by atoms with E-state index in [0.29, 0.717) is 46.6 Å². The third-order valence-electron chi connectivity index (χ3n) is 6.68. The molecule has 212 valence electrons. The molecular weight excluding hydrogens is 551 g/mol. The highest BCUT2D eigenvalue weighted by atomic mass is 32.2. The van der Waals surface area contributed by atoms with E-state index < -0.39 is 38.8 Å². The Bertz CT molecular complexity index is 1730. The van der Waals surface area contributed by atoms with Gasteiger partial charge in [0, 0.05) is 41.4 Å². The fourth-order valence-corrected chi connectivity index (χ4v) is 4.69. The minimum absolute atomic E-state index is 0.00546. The minimum Gasteiger partial charge on any atom is -0.355 e. The van der Waals surface area contributed by atoms with Crippen LogP contribution in [0.4, 0.5) is 27.1 Å². The molecular formula is C28H27FN6O5S. The fraction of sp³-hybridized carbons (Fsp3) is 0.214. The second-order valence-corrected chi connectivity index (χ2v) is 12.1. The van der Waals surface area contributed by atoms with Crippen molar-refractivity contribution in [2.45, 2.75) is 12.8 Å². The Hall–Kier alpha value is -4.78. The lowest BCUT2D eigenvalue weighted by atomic mass is 10.0. The molecule has 2 heterocycles. The molecule has 2 aromatic carbocycles. The molecule has 1 aliphatic carbocycles. The lowest BCUT2D eigenvalue weighted by Crippen LogP contribution is -2.35. The van der Waals surface area contributed by atoms with Gasteiger partial charge in [-0.1, -0.05) is 0 Å². The summed E-state index contributed by atoms with van der Waals surface area (Å²) >= 11 is 0. The van der Waals surface area contributed by atoms with Gasteiger partial charge in [-0.15, -0.1) is 0 Å². The van der Waals surface area contributed by atoms with Crippen molar-refractivity contribution in [2.24, 2.45) is 5.41 Å². The molecule has 1 aliphatic rings. The molecule has 5 rings (SSSR count). The number of anilines is 4. The number of fused-ring (bicyclic) bond motifs is 1. The van der Waals surface area contributed by atoms with E-state index in [1.807, 2.05) is 0 Å². The third kappa shape index (κ3) is 6.52. The maximum atomic E-state index is 13.1. The molecule has 41 heavy (non-hydrogen) atoms. The van der Waals surface area contributed by atoms with Crippen LogP contribution in [0.1, 0.15) is 23.3 Å². The van der Waals surface area contributed by atoms with E-state index in [9.17, 15) is 27.2 Å². The van der Waals surface area contributed by atoms with E-state index in [1.54, 1.807) is 42.6 Å². The van der Waals surface area contributed by atoms with Crippen LogP contribution in [-0.2, 0) is 19.4 Å². The number of rotatable bonds is 10. The number of amides is 3. The predicted molar refractivity (Wildman–Crippen MR) is 153 cm³/mol. The molecule has 1 saturated carbocycles. The van der Waals surface area contributed by atoms with Crippen LogP contribution in [0.5, 0.6) is 0 Å². The summed E-state index contributed by atoms with van der Waals surface area (Å²) in [4.78, 5) is 45.4. The largest absolute Gasteiger partial charge is 0.355 e. The third-order valence-corrected chi connectivity index (χ3v) is 7.62. The van der Waals surface area contributed by atoms with Crippen LogP contribution in [0.25, 0.3) is 11.0 Å². The molecule has 0 bridgehead atoms. The van der Waals surface area contributed by atoms with E-state index in [0.717, 1.165) is 6.26 Å². The van der Waals surface area contributed by atoms with E-state index in [4.69, 9.17) is 0 Å². The number of halogens is 1. The lowest BCUT2D eigenvalue weighted by molar-refractivity contribution is -0.131. The Morgan fingerprint density at radius 3 is 2.10 bits per heavy atom. The molecule has 1 fully saturated rings. The molecule has 0 spiro atoms. The van der Waals surface area contributed by atoms with Gasteiger partial charge in [0.25, 0.3) is 5.91 Å². The number of nitrogens with one attached hydrogen (secondary N) is 5. The number of hydrogen-bond acceptors (Lipinski definition) is 7. The summed E-state index contributed by atoms with van der Waals surface area (Å²) in [5.74, 6) is -1.88. The highest BCUT2D eigenvalue weighted by Gasteiger charge is 2.56. The zero-order chi connectivity index (χ0) is 29.2. The summed E-state index contributed by atoms with van der Waals surface area (Å²) in [6.07, 6.45) is 3.51. The van der Waals surface area contributed by atoms with Crippen LogP contribution in [-0.4, -0.2) is 54.7 Å². The molecule has 0 saturated heterocycles. The smallest absolute Gasteiger partial charge is 0.267 e. The first-order valence-electron chi connectivity index (χ1n) is 12.7. The fourth-order valence-electron chi connectivity index (χ4n) is 4.21. The van der Waals surface area contributed by atoms with Crippen molar-refractivity contribution in [2.75, 3.05) is 34.5 Å². The highest BCUT2D eigenvalue weighted by Crippen LogP contribution is 2.47. The first kappa shape index (κ1) is 27.8. The summed E-state index contributed by atoms with van der Waals surface area (Å²) in [7, 11) is -3.20. The van der Waals surface area contributed by atoms with E-state index >= 15 is 0 Å². The average Bonchev–Trinajstić information content (AvgIpc) is 3.63. The van der Waals surface area contributed by atoms with E-state index in [1.165, 1.54) is 24.3 Å². The molecule has 0 radical (unpaired) electrons. The Morgan fingerprint density at radius 2 is 1.51 bits per heavy atom. The quantitative estimate of drug-likeness (QED) is 0.180. The number of carbonyl (C=O) groups is 3. The lowest BCUT2D eigenvalue weighted by Gasteiger charge is -2.16. The number of pyridine rings is 1. The molecule has 0 unspecified atom stereocenters. The molecule has 2 aromatic heterocycles. The van der Waals surface area contributed by atoms with Gasteiger partial charge >= 0.3 is 0 Å². The molecule has 5 N–H and O–H groups in total. The van der Waals surface area contributed by atoms with Gasteiger partial charge in [0.1, 0.15) is 32.4 Å². The Labute approximate surface area is 234 Å². The minimum atomic E-state index is -3.20. The number of hydrogen-bond donors (Lipinski definition) is 5. The van der Waals surface area contributed by atoms with Gasteiger partial charge in [-0.3, -0.25) is 14.4 Å². The number of aromatic nitrogens is 2. The number of benzene rings is 2. The standard InChI is InChI=1S/C28H27FN6O5S/c1-41(39,40)15-14-31-25(36)23-16-21-22(10-13-30-24(21)35-23)32-18-6-8-20(9-7-18)34-27(38)28(11-12-28)26(37)33-19-4-2-17(29)3-5-19/h2-10,13,16H,11-12,14-15H2,1H3,(H,31,36)(H,33,37)(H,34,38)(H2,30,32,35). The topological polar surface area (TPSA) is 162 Å². The van der Waals surface area contributed by atoms with Crippen molar-refractivity contribution in [1.29, 1.82) is 0 Å². The van der Waals surface area contributed by atoms with Gasteiger partial charge < -0.3 is 26.3 Å². The van der Waals surface area contributed by atoms with Crippen LogP contribution in [0, 0.1) is 11.2 Å². The highest BCUT2D eigenvalue weighted by molar-refractivity contribution is 7.90. The van der Waals surface area contributed by atoms with Crippen molar-refractivity contribution < 1.29 is 27.2 Å². The van der Waals surface area contributed by atoms with Crippen LogP contribution in [0.2, 0.25) is 0 Å². The summed E-state index contributed by atoms with van der Waals surface area (Å²) < 4.78 is 35.7. The summed E-state index contributed by atoms with van der Waals surface area (Å²) in [5.41, 5.74) is 1.84. The first-order valence-corrected chi connectivity index (χ1v) is 14.8. The van der Waals surface area contributed by atoms with Crippen LogP contribution >= 0.6 is 0 Å². The summed E-state index contributed by atoms with van der Waals surface area (Å²) in [5, 5.41) is 12.0. The first-order chi connectivity index (χ1) is 19.5. The van der Waals surface area contributed by atoms with Gasteiger partial charge in [-0.2, -0.15) is 0 Å². The Morgan fingerprint density at radius 1 is 0.927 bits per heavy atom. The van der Waals surface area contributed by atoms with Crippen molar-refractivity contribution in [3.8, 4) is 0 Å². The predicted octanol–water partition coefficient (Wildman–Crippen LogP) is 3.58. The number of sulfone groups is 1. The maximum absolute atomic E-state index is 13.1. The number of carbonyl (C=O) groups excluding carboxylic acids is 3. The van der Waals surface area contributed by atoms with Gasteiger partial charge in [0.05, 0.1) is 11.4 Å². The van der Waals surface area contributed by atoms with E-state index in [-0.39, 0.29) is 18.0 Å². The van der Waals surface area contributed by atoms with Crippen LogP contribution in [0.15, 0.2) is 66.9 Å². The maximum Gasteiger partial charge on any atom is 0.267 e. The Kier molecular flexibility index (Phi) is 7.45.